The summed E-state index contributed by atoms with van der Waals surface area (Å²) < 4.78 is 3.43. The summed E-state index contributed by atoms with van der Waals surface area (Å²) in [7, 11) is 0. The van der Waals surface area contributed by atoms with E-state index in [1.54, 1.807) is 11.3 Å². The lowest BCUT2D eigenvalue weighted by Gasteiger charge is -2.10. The Bertz CT molecular complexity index is 1130. The van der Waals surface area contributed by atoms with Gasteiger partial charge in [0.2, 0.25) is 0 Å². The van der Waals surface area contributed by atoms with Crippen LogP contribution < -0.4 is 4.80 Å². The molecular formula is C24H21BrN2S. The van der Waals surface area contributed by atoms with E-state index in [-0.39, 0.29) is 0 Å². The predicted octanol–water partition coefficient (Wildman–Crippen LogP) is 6.76. The maximum Gasteiger partial charge on any atom is 0.190 e. The third-order valence-electron chi connectivity index (χ3n) is 4.63. The monoisotopic (exact) mass is 448 g/mol. The standard InChI is InChI=1S/C24H21BrN2S/c1-18-6-5-9-22(16-18)26-24-27(15-14-19-7-3-2-4-8-19)23(17-28-24)20-10-12-21(25)13-11-20/h2-13,16-17H,14-15H2,1H3. The Morgan fingerprint density at radius 3 is 2.46 bits per heavy atom. The molecule has 0 fully saturated rings. The highest BCUT2D eigenvalue weighted by molar-refractivity contribution is 9.10. The lowest BCUT2D eigenvalue weighted by molar-refractivity contribution is 0.684. The zero-order valence-electron chi connectivity index (χ0n) is 15.7. The van der Waals surface area contributed by atoms with E-state index < -0.39 is 0 Å². The number of rotatable bonds is 5. The fourth-order valence-electron chi connectivity index (χ4n) is 3.18. The van der Waals surface area contributed by atoms with E-state index in [9.17, 15) is 0 Å². The van der Waals surface area contributed by atoms with Crippen molar-refractivity contribution in [2.75, 3.05) is 0 Å². The molecule has 3 aromatic carbocycles. The van der Waals surface area contributed by atoms with Gasteiger partial charge in [-0.05, 0) is 54.3 Å². The first kappa shape index (κ1) is 18.9. The summed E-state index contributed by atoms with van der Waals surface area (Å²) in [4.78, 5) is 5.98. The van der Waals surface area contributed by atoms with Crippen LogP contribution in [0.25, 0.3) is 11.3 Å². The highest BCUT2D eigenvalue weighted by Gasteiger charge is 2.09. The van der Waals surface area contributed by atoms with Gasteiger partial charge in [-0.15, -0.1) is 11.3 Å². The minimum Gasteiger partial charge on any atom is -0.316 e. The van der Waals surface area contributed by atoms with Crippen molar-refractivity contribution in [3.8, 4) is 11.3 Å². The van der Waals surface area contributed by atoms with Crippen LogP contribution in [-0.4, -0.2) is 4.57 Å². The Morgan fingerprint density at radius 1 is 0.929 bits per heavy atom. The number of aromatic nitrogens is 1. The molecule has 0 unspecified atom stereocenters. The minimum absolute atomic E-state index is 0.892. The van der Waals surface area contributed by atoms with Crippen LogP contribution in [0.1, 0.15) is 11.1 Å². The average molecular weight is 449 g/mol. The van der Waals surface area contributed by atoms with Gasteiger partial charge in [-0.25, -0.2) is 4.99 Å². The van der Waals surface area contributed by atoms with Gasteiger partial charge in [0.05, 0.1) is 11.4 Å². The second-order valence-corrected chi connectivity index (χ2v) is 8.50. The Kier molecular flexibility index (Phi) is 5.89. The molecule has 140 valence electrons. The molecule has 28 heavy (non-hydrogen) atoms. The summed E-state index contributed by atoms with van der Waals surface area (Å²) in [6.07, 6.45) is 0.974. The molecule has 0 radical (unpaired) electrons. The van der Waals surface area contributed by atoms with Gasteiger partial charge in [0, 0.05) is 16.4 Å². The molecule has 0 bridgehead atoms. The van der Waals surface area contributed by atoms with Gasteiger partial charge in [0.15, 0.2) is 4.80 Å². The first-order valence-corrected chi connectivity index (χ1v) is 11.0. The number of aryl methyl sites for hydroxylation is 2. The molecule has 0 atom stereocenters. The van der Waals surface area contributed by atoms with Crippen molar-refractivity contribution < 1.29 is 0 Å². The van der Waals surface area contributed by atoms with E-state index in [0.717, 1.165) is 27.9 Å². The van der Waals surface area contributed by atoms with Gasteiger partial charge < -0.3 is 4.57 Å². The Hall–Kier alpha value is -2.43. The second-order valence-electron chi connectivity index (χ2n) is 6.75. The van der Waals surface area contributed by atoms with Crippen LogP contribution in [-0.2, 0) is 13.0 Å². The largest absolute Gasteiger partial charge is 0.316 e. The van der Waals surface area contributed by atoms with Crippen molar-refractivity contribution in [3.63, 3.8) is 0 Å². The highest BCUT2D eigenvalue weighted by Crippen LogP contribution is 2.23. The van der Waals surface area contributed by atoms with Gasteiger partial charge in [0.1, 0.15) is 0 Å². The summed E-state index contributed by atoms with van der Waals surface area (Å²) >= 11 is 5.23. The van der Waals surface area contributed by atoms with Crippen LogP contribution >= 0.6 is 27.3 Å². The quantitative estimate of drug-likeness (QED) is 0.320. The van der Waals surface area contributed by atoms with E-state index in [2.05, 4.69) is 112 Å². The third kappa shape index (κ3) is 4.51. The smallest absolute Gasteiger partial charge is 0.190 e. The molecule has 0 amide bonds. The van der Waals surface area contributed by atoms with Crippen molar-refractivity contribution in [1.82, 2.24) is 4.57 Å². The molecule has 0 spiro atoms. The van der Waals surface area contributed by atoms with Gasteiger partial charge in [0.25, 0.3) is 0 Å². The fraction of sp³-hybridized carbons (Fsp3) is 0.125. The number of hydrogen-bond acceptors (Lipinski definition) is 2. The first-order chi connectivity index (χ1) is 13.7. The van der Waals surface area contributed by atoms with Crippen LogP contribution in [0.5, 0.6) is 0 Å². The lowest BCUT2D eigenvalue weighted by atomic mass is 10.1. The number of benzene rings is 3. The highest BCUT2D eigenvalue weighted by atomic mass is 79.9. The molecule has 0 saturated heterocycles. The van der Waals surface area contributed by atoms with Gasteiger partial charge in [-0.2, -0.15) is 0 Å². The summed E-state index contributed by atoms with van der Waals surface area (Å²) in [5.41, 5.74) is 5.97. The summed E-state index contributed by atoms with van der Waals surface area (Å²) in [6, 6.07) is 27.5. The Balaban J connectivity index is 1.76. The van der Waals surface area contributed by atoms with Crippen LogP contribution in [0.4, 0.5) is 5.69 Å². The maximum absolute atomic E-state index is 4.95. The number of nitrogens with zero attached hydrogens (tertiary/aromatic N) is 2. The van der Waals surface area contributed by atoms with E-state index >= 15 is 0 Å². The molecular weight excluding hydrogens is 428 g/mol. The molecule has 0 N–H and O–H groups in total. The zero-order chi connectivity index (χ0) is 19.3. The van der Waals surface area contributed by atoms with Crippen molar-refractivity contribution in [1.29, 1.82) is 0 Å². The van der Waals surface area contributed by atoms with Gasteiger partial charge in [-0.3, -0.25) is 0 Å². The van der Waals surface area contributed by atoms with Crippen molar-refractivity contribution in [2.24, 2.45) is 4.99 Å². The number of halogens is 1. The third-order valence-corrected chi connectivity index (χ3v) is 6.02. The SMILES string of the molecule is Cc1cccc(N=c2scc(-c3ccc(Br)cc3)n2CCc2ccccc2)c1. The molecule has 2 nitrogen and oxygen atoms in total. The molecule has 1 heterocycles. The van der Waals surface area contributed by atoms with Crippen LogP contribution in [0.2, 0.25) is 0 Å². The van der Waals surface area contributed by atoms with Crippen LogP contribution in [0.3, 0.4) is 0 Å². The van der Waals surface area contributed by atoms with E-state index in [1.165, 1.54) is 22.4 Å². The predicted molar refractivity (Wildman–Crippen MR) is 122 cm³/mol. The molecule has 0 aliphatic rings. The second kappa shape index (κ2) is 8.72. The fourth-order valence-corrected chi connectivity index (χ4v) is 4.40. The maximum atomic E-state index is 4.95. The molecule has 4 aromatic rings. The molecule has 4 rings (SSSR count). The number of thiazole rings is 1. The molecule has 4 heteroatoms. The summed E-state index contributed by atoms with van der Waals surface area (Å²) in [5, 5.41) is 2.21. The molecule has 1 aromatic heterocycles. The summed E-state index contributed by atoms with van der Waals surface area (Å²) in [6.45, 7) is 2.99. The molecule has 0 aliphatic heterocycles. The first-order valence-electron chi connectivity index (χ1n) is 9.29. The molecule has 0 aliphatic carbocycles. The van der Waals surface area contributed by atoms with Crippen molar-refractivity contribution in [3.05, 3.63) is 105 Å². The van der Waals surface area contributed by atoms with Crippen molar-refractivity contribution in [2.45, 2.75) is 19.9 Å². The van der Waals surface area contributed by atoms with Crippen LogP contribution in [0, 0.1) is 6.92 Å². The Morgan fingerprint density at radius 2 is 1.71 bits per heavy atom. The topological polar surface area (TPSA) is 17.3 Å². The van der Waals surface area contributed by atoms with Gasteiger partial charge in [-0.1, -0.05) is 70.5 Å². The Labute approximate surface area is 178 Å². The van der Waals surface area contributed by atoms with E-state index in [4.69, 9.17) is 4.99 Å². The van der Waals surface area contributed by atoms with E-state index in [0.29, 0.717) is 0 Å². The van der Waals surface area contributed by atoms with E-state index in [1.807, 2.05) is 0 Å². The minimum atomic E-state index is 0.892. The van der Waals surface area contributed by atoms with Crippen molar-refractivity contribution >= 4 is 33.0 Å². The normalized spacial score (nSPS) is 11.7. The summed E-state index contributed by atoms with van der Waals surface area (Å²) in [5.74, 6) is 0. The van der Waals surface area contributed by atoms with Crippen LogP contribution in [0.15, 0.2) is 93.7 Å². The average Bonchev–Trinajstić information content (AvgIpc) is 3.10. The lowest BCUT2D eigenvalue weighted by Crippen LogP contribution is -2.17. The van der Waals surface area contributed by atoms with Gasteiger partial charge >= 0.3 is 0 Å². The molecule has 0 saturated carbocycles. The number of hydrogen-bond donors (Lipinski definition) is 0. The zero-order valence-corrected chi connectivity index (χ0v) is 18.1.